The molecule has 18 heavy (non-hydrogen) atoms. The van der Waals surface area contributed by atoms with Crippen LogP contribution in [-0.4, -0.2) is 23.2 Å². The molecule has 5 heteroatoms. The first-order chi connectivity index (χ1) is 8.60. The van der Waals surface area contributed by atoms with Crippen molar-refractivity contribution < 1.29 is 9.47 Å². The summed E-state index contributed by atoms with van der Waals surface area (Å²) in [5, 5.41) is 0. The first-order valence-electron chi connectivity index (χ1n) is 6.38. The van der Waals surface area contributed by atoms with Gasteiger partial charge in [-0.1, -0.05) is 13.8 Å². The highest BCUT2D eigenvalue weighted by molar-refractivity contribution is 5.29. The molecule has 1 aliphatic rings. The number of aromatic nitrogens is 2. The Morgan fingerprint density at radius 3 is 2.56 bits per heavy atom. The van der Waals surface area contributed by atoms with Crippen LogP contribution in [-0.2, 0) is 0 Å². The van der Waals surface area contributed by atoms with Crippen molar-refractivity contribution in [3.8, 4) is 11.6 Å². The molecule has 2 atom stereocenters. The van der Waals surface area contributed by atoms with Gasteiger partial charge in [0.15, 0.2) is 0 Å². The maximum atomic E-state index is 11.5. The molecule has 1 aromatic heterocycles. The SMILES string of the molecule is COc1c(OC2CC(C)CC(C)C2)nc[nH]c1=O. The first-order valence-corrected chi connectivity index (χ1v) is 6.38. The van der Waals surface area contributed by atoms with Crippen LogP contribution in [0.4, 0.5) is 0 Å². The van der Waals surface area contributed by atoms with Crippen molar-refractivity contribution >= 4 is 0 Å². The van der Waals surface area contributed by atoms with Crippen molar-refractivity contribution in [3.05, 3.63) is 16.7 Å². The fourth-order valence-electron chi connectivity index (χ4n) is 2.76. The Balaban J connectivity index is 2.14. The first kappa shape index (κ1) is 12.9. The molecule has 0 aromatic carbocycles. The monoisotopic (exact) mass is 252 g/mol. The summed E-state index contributed by atoms with van der Waals surface area (Å²) in [6.07, 6.45) is 4.70. The maximum absolute atomic E-state index is 11.5. The number of rotatable bonds is 3. The van der Waals surface area contributed by atoms with Gasteiger partial charge in [-0.25, -0.2) is 4.98 Å². The van der Waals surface area contributed by atoms with Crippen molar-refractivity contribution in [2.24, 2.45) is 11.8 Å². The van der Waals surface area contributed by atoms with Gasteiger partial charge in [0.25, 0.3) is 11.4 Å². The zero-order valence-electron chi connectivity index (χ0n) is 11.1. The summed E-state index contributed by atoms with van der Waals surface area (Å²) in [4.78, 5) is 18.1. The molecular weight excluding hydrogens is 232 g/mol. The van der Waals surface area contributed by atoms with Crippen LogP contribution in [0, 0.1) is 11.8 Å². The van der Waals surface area contributed by atoms with Gasteiger partial charge in [0.1, 0.15) is 6.10 Å². The largest absolute Gasteiger partial charge is 0.487 e. The van der Waals surface area contributed by atoms with Gasteiger partial charge in [-0.3, -0.25) is 4.79 Å². The van der Waals surface area contributed by atoms with Crippen molar-refractivity contribution in [2.45, 2.75) is 39.2 Å². The number of hydrogen-bond acceptors (Lipinski definition) is 4. The molecule has 0 bridgehead atoms. The van der Waals surface area contributed by atoms with E-state index in [0.29, 0.717) is 17.7 Å². The Labute approximate surface area is 107 Å². The van der Waals surface area contributed by atoms with Crippen LogP contribution in [0.15, 0.2) is 11.1 Å². The Hall–Kier alpha value is -1.52. The summed E-state index contributed by atoms with van der Waals surface area (Å²) in [6.45, 7) is 4.46. The van der Waals surface area contributed by atoms with Gasteiger partial charge in [-0.15, -0.1) is 0 Å². The molecule has 1 N–H and O–H groups in total. The average molecular weight is 252 g/mol. The lowest BCUT2D eigenvalue weighted by molar-refractivity contribution is 0.0929. The van der Waals surface area contributed by atoms with Gasteiger partial charge in [-0.2, -0.15) is 0 Å². The van der Waals surface area contributed by atoms with E-state index in [-0.39, 0.29) is 17.4 Å². The predicted molar refractivity (Wildman–Crippen MR) is 68.0 cm³/mol. The average Bonchev–Trinajstić information content (AvgIpc) is 2.27. The van der Waals surface area contributed by atoms with Gasteiger partial charge in [0, 0.05) is 0 Å². The van der Waals surface area contributed by atoms with E-state index in [2.05, 4.69) is 23.8 Å². The third-order valence-corrected chi connectivity index (χ3v) is 3.40. The van der Waals surface area contributed by atoms with E-state index in [1.807, 2.05) is 0 Å². The molecule has 0 aliphatic heterocycles. The van der Waals surface area contributed by atoms with Crippen LogP contribution < -0.4 is 15.0 Å². The standard InChI is InChI=1S/C13H20N2O3/c1-8-4-9(2)6-10(5-8)18-13-11(17-3)12(16)14-7-15-13/h7-10H,4-6H2,1-3H3,(H,14,15,16). The van der Waals surface area contributed by atoms with E-state index in [4.69, 9.17) is 9.47 Å². The molecule has 2 rings (SSSR count). The molecule has 0 saturated heterocycles. The summed E-state index contributed by atoms with van der Waals surface area (Å²) in [7, 11) is 1.45. The van der Waals surface area contributed by atoms with Gasteiger partial charge >= 0.3 is 0 Å². The van der Waals surface area contributed by atoms with E-state index in [1.165, 1.54) is 19.9 Å². The van der Waals surface area contributed by atoms with E-state index in [9.17, 15) is 4.79 Å². The summed E-state index contributed by atoms with van der Waals surface area (Å²) >= 11 is 0. The fraction of sp³-hybridized carbons (Fsp3) is 0.692. The molecule has 5 nitrogen and oxygen atoms in total. The van der Waals surface area contributed by atoms with Gasteiger partial charge in [0.2, 0.25) is 5.75 Å². The van der Waals surface area contributed by atoms with Crippen LogP contribution in [0.3, 0.4) is 0 Å². The van der Waals surface area contributed by atoms with Crippen molar-refractivity contribution in [3.63, 3.8) is 0 Å². The van der Waals surface area contributed by atoms with Crippen LogP contribution >= 0.6 is 0 Å². The normalized spacial score (nSPS) is 27.8. The highest BCUT2D eigenvalue weighted by Crippen LogP contribution is 2.32. The van der Waals surface area contributed by atoms with E-state index < -0.39 is 0 Å². The molecule has 1 aliphatic carbocycles. The molecule has 0 amide bonds. The number of methoxy groups -OCH3 is 1. The summed E-state index contributed by atoms with van der Waals surface area (Å²) < 4.78 is 10.9. The lowest BCUT2D eigenvalue weighted by Gasteiger charge is -2.31. The summed E-state index contributed by atoms with van der Waals surface area (Å²) in [5.41, 5.74) is -0.306. The summed E-state index contributed by atoms with van der Waals surface area (Å²) in [6, 6.07) is 0. The molecule has 2 unspecified atom stereocenters. The van der Waals surface area contributed by atoms with E-state index in [0.717, 1.165) is 12.8 Å². The molecule has 1 fully saturated rings. The topological polar surface area (TPSA) is 64.2 Å². The minimum Gasteiger partial charge on any atom is -0.487 e. The number of ether oxygens (including phenoxy) is 2. The lowest BCUT2D eigenvalue weighted by atomic mass is 9.82. The van der Waals surface area contributed by atoms with Crippen LogP contribution in [0.2, 0.25) is 0 Å². The second-order valence-electron chi connectivity index (χ2n) is 5.23. The van der Waals surface area contributed by atoms with E-state index >= 15 is 0 Å². The second kappa shape index (κ2) is 5.42. The highest BCUT2D eigenvalue weighted by atomic mass is 16.5. The van der Waals surface area contributed by atoms with Gasteiger partial charge < -0.3 is 14.5 Å². The van der Waals surface area contributed by atoms with Crippen LogP contribution in [0.25, 0.3) is 0 Å². The Kier molecular flexibility index (Phi) is 3.89. The Morgan fingerprint density at radius 2 is 1.94 bits per heavy atom. The molecule has 1 saturated carbocycles. The quantitative estimate of drug-likeness (QED) is 0.893. The van der Waals surface area contributed by atoms with Crippen LogP contribution in [0.5, 0.6) is 11.6 Å². The molecule has 100 valence electrons. The smallest absolute Gasteiger partial charge is 0.297 e. The van der Waals surface area contributed by atoms with Gasteiger partial charge in [-0.05, 0) is 31.1 Å². The molecular formula is C13H20N2O3. The van der Waals surface area contributed by atoms with Gasteiger partial charge in [0.05, 0.1) is 13.4 Å². The zero-order chi connectivity index (χ0) is 13.1. The fourth-order valence-corrected chi connectivity index (χ4v) is 2.76. The van der Waals surface area contributed by atoms with Crippen molar-refractivity contribution in [2.75, 3.05) is 7.11 Å². The number of aromatic amines is 1. The number of hydrogen-bond donors (Lipinski definition) is 1. The van der Waals surface area contributed by atoms with E-state index in [1.54, 1.807) is 0 Å². The highest BCUT2D eigenvalue weighted by Gasteiger charge is 2.26. The molecule has 1 aromatic rings. The van der Waals surface area contributed by atoms with Crippen molar-refractivity contribution in [1.82, 2.24) is 9.97 Å². The second-order valence-corrected chi connectivity index (χ2v) is 5.23. The number of nitrogens with one attached hydrogen (secondary N) is 1. The molecule has 0 spiro atoms. The Morgan fingerprint density at radius 1 is 1.28 bits per heavy atom. The maximum Gasteiger partial charge on any atom is 0.297 e. The summed E-state index contributed by atoms with van der Waals surface area (Å²) in [5.74, 6) is 1.74. The zero-order valence-corrected chi connectivity index (χ0v) is 11.1. The molecule has 0 radical (unpaired) electrons. The third-order valence-electron chi connectivity index (χ3n) is 3.40. The number of nitrogens with zero attached hydrogens (tertiary/aromatic N) is 1. The minimum atomic E-state index is -0.306. The van der Waals surface area contributed by atoms with Crippen LogP contribution in [0.1, 0.15) is 33.1 Å². The Bertz CT molecular complexity index is 448. The third kappa shape index (κ3) is 2.83. The molecule has 1 heterocycles. The number of H-pyrrole nitrogens is 1. The predicted octanol–water partition coefficient (Wildman–Crippen LogP) is 1.98. The van der Waals surface area contributed by atoms with Crippen molar-refractivity contribution in [1.29, 1.82) is 0 Å². The lowest BCUT2D eigenvalue weighted by Crippen LogP contribution is -2.29. The minimum absolute atomic E-state index is 0.118.